The standard InChI is InChI=1S/C14H22N2O/c1-15-13(7-9-16(2)3)12-6-4-5-11-8-10-17-14(11)12/h4-6,13,15H,7-10H2,1-3H3. The number of ether oxygens (including phenoxy) is 1. The lowest BCUT2D eigenvalue weighted by atomic mass is 9.99. The van der Waals surface area contributed by atoms with Crippen molar-refractivity contribution in [1.29, 1.82) is 0 Å². The predicted octanol–water partition coefficient (Wildman–Crippen LogP) is 1.83. The predicted molar refractivity (Wildman–Crippen MR) is 70.6 cm³/mol. The second-order valence-corrected chi connectivity index (χ2v) is 4.87. The highest BCUT2D eigenvalue weighted by molar-refractivity contribution is 5.45. The van der Waals surface area contributed by atoms with Crippen molar-refractivity contribution in [3.63, 3.8) is 0 Å². The summed E-state index contributed by atoms with van der Waals surface area (Å²) in [7, 11) is 6.24. The average Bonchev–Trinajstić information content (AvgIpc) is 2.78. The fraction of sp³-hybridized carbons (Fsp3) is 0.571. The highest BCUT2D eigenvalue weighted by Crippen LogP contribution is 2.34. The molecule has 0 radical (unpaired) electrons. The third-order valence-corrected chi connectivity index (χ3v) is 3.33. The van der Waals surface area contributed by atoms with Gasteiger partial charge in [0.1, 0.15) is 5.75 Å². The van der Waals surface area contributed by atoms with Gasteiger partial charge in [-0.25, -0.2) is 0 Å². The van der Waals surface area contributed by atoms with Gasteiger partial charge < -0.3 is 15.0 Å². The Morgan fingerprint density at radius 3 is 2.94 bits per heavy atom. The highest BCUT2D eigenvalue weighted by atomic mass is 16.5. The topological polar surface area (TPSA) is 24.5 Å². The fourth-order valence-corrected chi connectivity index (χ4v) is 2.36. The van der Waals surface area contributed by atoms with E-state index in [0.29, 0.717) is 6.04 Å². The van der Waals surface area contributed by atoms with Crippen LogP contribution in [-0.2, 0) is 6.42 Å². The molecule has 0 saturated carbocycles. The summed E-state index contributed by atoms with van der Waals surface area (Å²) >= 11 is 0. The van der Waals surface area contributed by atoms with Crippen LogP contribution in [0.4, 0.5) is 0 Å². The van der Waals surface area contributed by atoms with E-state index in [1.807, 2.05) is 7.05 Å². The number of hydrogen-bond acceptors (Lipinski definition) is 3. The summed E-state index contributed by atoms with van der Waals surface area (Å²) in [4.78, 5) is 2.22. The minimum atomic E-state index is 0.380. The molecule has 1 aromatic carbocycles. The maximum absolute atomic E-state index is 5.77. The number of nitrogens with zero attached hydrogens (tertiary/aromatic N) is 1. The van der Waals surface area contributed by atoms with Crippen molar-refractivity contribution < 1.29 is 4.74 Å². The molecular formula is C14H22N2O. The molecule has 0 spiro atoms. The van der Waals surface area contributed by atoms with Gasteiger partial charge in [-0.1, -0.05) is 18.2 Å². The normalized spacial score (nSPS) is 15.8. The first kappa shape index (κ1) is 12.4. The van der Waals surface area contributed by atoms with Crippen LogP contribution in [0.2, 0.25) is 0 Å². The second kappa shape index (κ2) is 5.52. The van der Waals surface area contributed by atoms with Crippen molar-refractivity contribution in [3.8, 4) is 5.75 Å². The van der Waals surface area contributed by atoms with E-state index in [1.54, 1.807) is 0 Å². The average molecular weight is 234 g/mol. The van der Waals surface area contributed by atoms with Crippen molar-refractivity contribution in [2.45, 2.75) is 18.9 Å². The molecule has 0 fully saturated rings. The molecule has 1 atom stereocenters. The molecule has 0 bridgehead atoms. The third kappa shape index (κ3) is 2.79. The summed E-state index contributed by atoms with van der Waals surface area (Å²) < 4.78 is 5.77. The quantitative estimate of drug-likeness (QED) is 0.841. The molecule has 94 valence electrons. The Morgan fingerprint density at radius 2 is 2.24 bits per heavy atom. The van der Waals surface area contributed by atoms with E-state index >= 15 is 0 Å². The fourth-order valence-electron chi connectivity index (χ4n) is 2.36. The number of fused-ring (bicyclic) bond motifs is 1. The zero-order chi connectivity index (χ0) is 12.3. The molecule has 0 amide bonds. The molecule has 1 aliphatic rings. The molecule has 2 rings (SSSR count). The molecule has 1 aliphatic heterocycles. The Morgan fingerprint density at radius 1 is 1.41 bits per heavy atom. The van der Waals surface area contributed by atoms with E-state index in [-0.39, 0.29) is 0 Å². The Hall–Kier alpha value is -1.06. The van der Waals surface area contributed by atoms with Crippen molar-refractivity contribution in [3.05, 3.63) is 29.3 Å². The minimum Gasteiger partial charge on any atom is -0.493 e. The van der Waals surface area contributed by atoms with Gasteiger partial charge in [0.15, 0.2) is 0 Å². The van der Waals surface area contributed by atoms with Crippen LogP contribution in [0.3, 0.4) is 0 Å². The van der Waals surface area contributed by atoms with Gasteiger partial charge in [-0.15, -0.1) is 0 Å². The first-order valence-corrected chi connectivity index (χ1v) is 6.29. The van der Waals surface area contributed by atoms with Gasteiger partial charge in [0.05, 0.1) is 6.61 Å². The van der Waals surface area contributed by atoms with Crippen molar-refractivity contribution in [1.82, 2.24) is 10.2 Å². The van der Waals surface area contributed by atoms with Gasteiger partial charge in [0.2, 0.25) is 0 Å². The van der Waals surface area contributed by atoms with E-state index in [4.69, 9.17) is 4.74 Å². The largest absolute Gasteiger partial charge is 0.493 e. The van der Waals surface area contributed by atoms with Crippen LogP contribution in [0.5, 0.6) is 5.75 Å². The lowest BCUT2D eigenvalue weighted by Gasteiger charge is -2.21. The zero-order valence-corrected chi connectivity index (χ0v) is 11.0. The van der Waals surface area contributed by atoms with Crippen LogP contribution in [0.1, 0.15) is 23.6 Å². The molecule has 0 aromatic heterocycles. The van der Waals surface area contributed by atoms with Crippen LogP contribution in [0, 0.1) is 0 Å². The van der Waals surface area contributed by atoms with Gasteiger partial charge in [0, 0.05) is 18.0 Å². The molecule has 17 heavy (non-hydrogen) atoms. The lowest BCUT2D eigenvalue weighted by Crippen LogP contribution is -2.23. The maximum Gasteiger partial charge on any atom is 0.127 e. The molecule has 0 aliphatic carbocycles. The molecule has 0 saturated heterocycles. The van der Waals surface area contributed by atoms with Crippen LogP contribution in [-0.4, -0.2) is 39.2 Å². The van der Waals surface area contributed by atoms with Crippen molar-refractivity contribution in [2.75, 3.05) is 34.3 Å². The molecule has 3 nitrogen and oxygen atoms in total. The van der Waals surface area contributed by atoms with Crippen molar-refractivity contribution >= 4 is 0 Å². The Bertz CT molecular complexity index is 376. The summed E-state index contributed by atoms with van der Waals surface area (Å²) in [5, 5.41) is 3.40. The summed E-state index contributed by atoms with van der Waals surface area (Å²) in [5.74, 6) is 1.12. The SMILES string of the molecule is CNC(CCN(C)C)c1cccc2c1OCC2. The number of para-hydroxylation sites is 1. The second-order valence-electron chi connectivity index (χ2n) is 4.87. The molecule has 1 aromatic rings. The molecule has 1 unspecified atom stereocenters. The van der Waals surface area contributed by atoms with E-state index in [2.05, 4.69) is 42.5 Å². The molecular weight excluding hydrogens is 212 g/mol. The number of rotatable bonds is 5. The number of benzene rings is 1. The van der Waals surface area contributed by atoms with Crippen LogP contribution in [0.25, 0.3) is 0 Å². The first-order chi connectivity index (χ1) is 8.22. The van der Waals surface area contributed by atoms with Gasteiger partial charge >= 0.3 is 0 Å². The van der Waals surface area contributed by atoms with E-state index < -0.39 is 0 Å². The van der Waals surface area contributed by atoms with Crippen LogP contribution < -0.4 is 10.1 Å². The number of hydrogen-bond donors (Lipinski definition) is 1. The van der Waals surface area contributed by atoms with E-state index in [9.17, 15) is 0 Å². The Labute approximate surface area is 104 Å². The lowest BCUT2D eigenvalue weighted by molar-refractivity contribution is 0.338. The minimum absolute atomic E-state index is 0.380. The zero-order valence-electron chi connectivity index (χ0n) is 11.0. The van der Waals surface area contributed by atoms with E-state index in [0.717, 1.165) is 31.7 Å². The van der Waals surface area contributed by atoms with E-state index in [1.165, 1.54) is 11.1 Å². The monoisotopic (exact) mass is 234 g/mol. The van der Waals surface area contributed by atoms with Crippen LogP contribution in [0.15, 0.2) is 18.2 Å². The summed E-state index contributed by atoms with van der Waals surface area (Å²) in [6.07, 6.45) is 2.15. The summed E-state index contributed by atoms with van der Waals surface area (Å²) in [6.45, 7) is 1.91. The molecule has 1 N–H and O–H groups in total. The smallest absolute Gasteiger partial charge is 0.127 e. The molecule has 1 heterocycles. The Balaban J connectivity index is 2.16. The van der Waals surface area contributed by atoms with Crippen molar-refractivity contribution in [2.24, 2.45) is 0 Å². The first-order valence-electron chi connectivity index (χ1n) is 6.29. The summed E-state index contributed by atoms with van der Waals surface area (Å²) in [6, 6.07) is 6.87. The van der Waals surface area contributed by atoms with Gasteiger partial charge in [-0.2, -0.15) is 0 Å². The summed E-state index contributed by atoms with van der Waals surface area (Å²) in [5.41, 5.74) is 2.66. The maximum atomic E-state index is 5.77. The van der Waals surface area contributed by atoms with Gasteiger partial charge in [-0.05, 0) is 39.7 Å². The number of nitrogens with one attached hydrogen (secondary N) is 1. The highest BCUT2D eigenvalue weighted by Gasteiger charge is 2.20. The van der Waals surface area contributed by atoms with Gasteiger partial charge in [0.25, 0.3) is 0 Å². The van der Waals surface area contributed by atoms with Crippen LogP contribution >= 0.6 is 0 Å². The Kier molecular flexibility index (Phi) is 4.02. The molecule has 3 heteroatoms. The van der Waals surface area contributed by atoms with Gasteiger partial charge in [-0.3, -0.25) is 0 Å². The third-order valence-electron chi connectivity index (χ3n) is 3.33.